The highest BCUT2D eigenvalue weighted by molar-refractivity contribution is 5.94. The van der Waals surface area contributed by atoms with E-state index in [4.69, 9.17) is 5.11 Å². The highest BCUT2D eigenvalue weighted by atomic mass is 16.3. The molecule has 2 aromatic rings. The molecule has 0 radical (unpaired) electrons. The van der Waals surface area contributed by atoms with Crippen LogP contribution in [0.3, 0.4) is 0 Å². The number of amides is 1. The number of aromatic nitrogens is 1. The summed E-state index contributed by atoms with van der Waals surface area (Å²) in [6.07, 6.45) is 3.88. The number of carbonyl (C=O) groups excluding carboxylic acids is 1. The van der Waals surface area contributed by atoms with E-state index in [1.165, 1.54) is 0 Å². The molecule has 1 aromatic carbocycles. The van der Waals surface area contributed by atoms with Gasteiger partial charge in [0.25, 0.3) is 5.91 Å². The van der Waals surface area contributed by atoms with E-state index in [1.54, 1.807) is 11.0 Å². The second-order valence-corrected chi connectivity index (χ2v) is 4.25. The van der Waals surface area contributed by atoms with Crippen molar-refractivity contribution in [2.24, 2.45) is 0 Å². The van der Waals surface area contributed by atoms with Crippen LogP contribution in [0.15, 0.2) is 48.8 Å². The van der Waals surface area contributed by atoms with Crippen molar-refractivity contribution in [2.75, 3.05) is 19.7 Å². The van der Waals surface area contributed by atoms with E-state index in [9.17, 15) is 4.79 Å². The molecule has 0 fully saturated rings. The van der Waals surface area contributed by atoms with Crippen LogP contribution < -0.4 is 0 Å². The number of nitrogens with zero attached hydrogens (tertiary/aromatic N) is 2. The zero-order valence-electron chi connectivity index (χ0n) is 11.0. The van der Waals surface area contributed by atoms with Crippen molar-refractivity contribution in [1.82, 2.24) is 9.47 Å². The molecule has 0 bridgehead atoms. The Hall–Kier alpha value is -2.07. The average molecular weight is 258 g/mol. The van der Waals surface area contributed by atoms with Gasteiger partial charge in [0, 0.05) is 36.7 Å². The third-order valence-corrected chi connectivity index (χ3v) is 3.03. The molecule has 1 amide bonds. The van der Waals surface area contributed by atoms with Gasteiger partial charge in [0.15, 0.2) is 0 Å². The summed E-state index contributed by atoms with van der Waals surface area (Å²) in [6, 6.07) is 11.4. The maximum Gasteiger partial charge on any atom is 0.253 e. The smallest absolute Gasteiger partial charge is 0.253 e. The van der Waals surface area contributed by atoms with E-state index in [0.29, 0.717) is 18.7 Å². The molecule has 0 aliphatic carbocycles. The normalized spacial score (nSPS) is 10.4. The fourth-order valence-electron chi connectivity index (χ4n) is 2.01. The number of aliphatic hydroxyl groups is 1. The van der Waals surface area contributed by atoms with Gasteiger partial charge in [-0.1, -0.05) is 6.07 Å². The molecule has 0 spiro atoms. The van der Waals surface area contributed by atoms with Gasteiger partial charge in [0.05, 0.1) is 6.61 Å². The lowest BCUT2D eigenvalue weighted by Gasteiger charge is -2.20. The number of likely N-dealkylation sites (N-methyl/N-ethyl adjacent to an activating group) is 1. The largest absolute Gasteiger partial charge is 0.395 e. The van der Waals surface area contributed by atoms with E-state index < -0.39 is 0 Å². The Morgan fingerprint density at radius 1 is 1.26 bits per heavy atom. The first-order valence-corrected chi connectivity index (χ1v) is 6.39. The van der Waals surface area contributed by atoms with Gasteiger partial charge in [0.1, 0.15) is 0 Å². The van der Waals surface area contributed by atoms with Gasteiger partial charge in [-0.15, -0.1) is 0 Å². The third-order valence-electron chi connectivity index (χ3n) is 3.03. The lowest BCUT2D eigenvalue weighted by Crippen LogP contribution is -2.33. The van der Waals surface area contributed by atoms with Crippen LogP contribution in [0.5, 0.6) is 0 Å². The molecule has 1 aromatic heterocycles. The maximum absolute atomic E-state index is 12.3. The van der Waals surface area contributed by atoms with Gasteiger partial charge in [-0.3, -0.25) is 4.79 Å². The SMILES string of the molecule is CCN(CCO)C(=O)c1cccc(-n2cccc2)c1. The molecule has 19 heavy (non-hydrogen) atoms. The highest BCUT2D eigenvalue weighted by Crippen LogP contribution is 2.12. The van der Waals surface area contributed by atoms with Crippen LogP contribution >= 0.6 is 0 Å². The van der Waals surface area contributed by atoms with E-state index >= 15 is 0 Å². The molecular formula is C15H18N2O2. The topological polar surface area (TPSA) is 45.5 Å². The quantitative estimate of drug-likeness (QED) is 0.890. The predicted molar refractivity (Wildman–Crippen MR) is 74.4 cm³/mol. The van der Waals surface area contributed by atoms with Crippen LogP contribution in [0.4, 0.5) is 0 Å². The van der Waals surface area contributed by atoms with Crippen LogP contribution in [-0.4, -0.2) is 40.2 Å². The summed E-state index contributed by atoms with van der Waals surface area (Å²) in [5.41, 5.74) is 1.59. The number of benzene rings is 1. The fraction of sp³-hybridized carbons (Fsp3) is 0.267. The number of hydrogen-bond acceptors (Lipinski definition) is 2. The highest BCUT2D eigenvalue weighted by Gasteiger charge is 2.13. The zero-order valence-corrected chi connectivity index (χ0v) is 11.0. The first-order chi connectivity index (χ1) is 9.26. The molecule has 0 atom stereocenters. The van der Waals surface area contributed by atoms with Gasteiger partial charge in [0.2, 0.25) is 0 Å². The molecule has 0 unspecified atom stereocenters. The van der Waals surface area contributed by atoms with Crippen molar-refractivity contribution in [2.45, 2.75) is 6.92 Å². The van der Waals surface area contributed by atoms with Crippen molar-refractivity contribution in [1.29, 1.82) is 0 Å². The van der Waals surface area contributed by atoms with Crippen molar-refractivity contribution in [3.05, 3.63) is 54.4 Å². The summed E-state index contributed by atoms with van der Waals surface area (Å²) < 4.78 is 1.96. The summed E-state index contributed by atoms with van der Waals surface area (Å²) in [4.78, 5) is 13.9. The molecule has 0 aliphatic rings. The summed E-state index contributed by atoms with van der Waals surface area (Å²) >= 11 is 0. The molecule has 2 rings (SSSR count). The Labute approximate surface area is 112 Å². The second kappa shape index (κ2) is 6.20. The minimum atomic E-state index is -0.0504. The van der Waals surface area contributed by atoms with Crippen LogP contribution in [0.25, 0.3) is 5.69 Å². The van der Waals surface area contributed by atoms with Gasteiger partial charge < -0.3 is 14.6 Å². The van der Waals surface area contributed by atoms with E-state index in [2.05, 4.69) is 0 Å². The summed E-state index contributed by atoms with van der Waals surface area (Å²) in [5.74, 6) is -0.0504. The average Bonchev–Trinajstić information content (AvgIpc) is 2.98. The number of hydrogen-bond donors (Lipinski definition) is 1. The first-order valence-electron chi connectivity index (χ1n) is 6.39. The number of aliphatic hydroxyl groups excluding tert-OH is 1. The lowest BCUT2D eigenvalue weighted by atomic mass is 10.1. The molecule has 1 N–H and O–H groups in total. The number of rotatable bonds is 5. The monoisotopic (exact) mass is 258 g/mol. The predicted octanol–water partition coefficient (Wildman–Crippen LogP) is 1.93. The summed E-state index contributed by atoms with van der Waals surface area (Å²) in [6.45, 7) is 2.84. The van der Waals surface area contributed by atoms with Gasteiger partial charge in [-0.2, -0.15) is 0 Å². The molecule has 1 heterocycles. The van der Waals surface area contributed by atoms with Gasteiger partial charge in [-0.25, -0.2) is 0 Å². The molecule has 0 saturated carbocycles. The van der Waals surface area contributed by atoms with E-state index in [1.807, 2.05) is 54.2 Å². The standard InChI is InChI=1S/C15H18N2O2/c1-2-16(10-11-18)15(19)13-6-5-7-14(12-13)17-8-3-4-9-17/h3-9,12,18H,2,10-11H2,1H3. The number of carbonyl (C=O) groups is 1. The minimum Gasteiger partial charge on any atom is -0.395 e. The maximum atomic E-state index is 12.3. The Morgan fingerprint density at radius 3 is 2.63 bits per heavy atom. The molecule has 4 heteroatoms. The molecule has 4 nitrogen and oxygen atoms in total. The first kappa shape index (κ1) is 13.4. The molecule has 0 aliphatic heterocycles. The Morgan fingerprint density at radius 2 is 2.00 bits per heavy atom. The Balaban J connectivity index is 2.25. The minimum absolute atomic E-state index is 0.0170. The van der Waals surface area contributed by atoms with Crippen LogP contribution in [0, 0.1) is 0 Å². The third kappa shape index (κ3) is 3.03. The van der Waals surface area contributed by atoms with Crippen LogP contribution in [-0.2, 0) is 0 Å². The van der Waals surface area contributed by atoms with Gasteiger partial charge >= 0.3 is 0 Å². The molecular weight excluding hydrogens is 240 g/mol. The zero-order chi connectivity index (χ0) is 13.7. The second-order valence-electron chi connectivity index (χ2n) is 4.25. The fourth-order valence-corrected chi connectivity index (χ4v) is 2.01. The van der Waals surface area contributed by atoms with Gasteiger partial charge in [-0.05, 0) is 37.3 Å². The Bertz CT molecular complexity index is 535. The Kier molecular flexibility index (Phi) is 4.36. The van der Waals surface area contributed by atoms with E-state index in [-0.39, 0.29) is 12.5 Å². The van der Waals surface area contributed by atoms with Crippen molar-refractivity contribution < 1.29 is 9.90 Å². The van der Waals surface area contributed by atoms with Crippen LogP contribution in [0.2, 0.25) is 0 Å². The van der Waals surface area contributed by atoms with Crippen LogP contribution in [0.1, 0.15) is 17.3 Å². The molecule has 0 saturated heterocycles. The lowest BCUT2D eigenvalue weighted by molar-refractivity contribution is 0.0732. The summed E-state index contributed by atoms with van der Waals surface area (Å²) in [7, 11) is 0. The van der Waals surface area contributed by atoms with Crippen molar-refractivity contribution in [3.8, 4) is 5.69 Å². The van der Waals surface area contributed by atoms with Crippen molar-refractivity contribution in [3.63, 3.8) is 0 Å². The van der Waals surface area contributed by atoms with E-state index in [0.717, 1.165) is 5.69 Å². The molecule has 100 valence electrons. The summed E-state index contributed by atoms with van der Waals surface area (Å²) in [5, 5.41) is 8.97. The van der Waals surface area contributed by atoms with Crippen molar-refractivity contribution >= 4 is 5.91 Å².